The number of hydrogen-bond acceptors (Lipinski definition) is 4. The highest BCUT2D eigenvalue weighted by Crippen LogP contribution is 2.24. The molecule has 130 valence electrons. The van der Waals surface area contributed by atoms with Crippen LogP contribution in [0.1, 0.15) is 41.3 Å². The van der Waals surface area contributed by atoms with Gasteiger partial charge in [-0.1, -0.05) is 41.9 Å². The molecule has 2 aromatic rings. The number of benzene rings is 1. The van der Waals surface area contributed by atoms with Crippen LogP contribution in [0.3, 0.4) is 0 Å². The zero-order chi connectivity index (χ0) is 17.6. The lowest BCUT2D eigenvalue weighted by atomic mass is 10.1. The Morgan fingerprint density at radius 1 is 1.04 bits per heavy atom. The molecule has 1 aliphatic heterocycles. The molecule has 6 heteroatoms. The number of pyridine rings is 1. The minimum atomic E-state index is -0.956. The molecule has 3 rings (SSSR count). The van der Waals surface area contributed by atoms with Crippen LogP contribution in [0.2, 0.25) is 5.15 Å². The van der Waals surface area contributed by atoms with Crippen LogP contribution in [0.4, 0.5) is 0 Å². The van der Waals surface area contributed by atoms with Crippen molar-refractivity contribution in [2.24, 2.45) is 0 Å². The van der Waals surface area contributed by atoms with E-state index in [9.17, 15) is 9.59 Å². The third-order valence-corrected chi connectivity index (χ3v) is 4.41. The summed E-state index contributed by atoms with van der Waals surface area (Å²) in [5.74, 6) is -0.774. The zero-order valence-electron chi connectivity index (χ0n) is 13.7. The number of aromatic nitrogens is 1. The molecule has 25 heavy (non-hydrogen) atoms. The average molecular weight is 359 g/mol. The van der Waals surface area contributed by atoms with Gasteiger partial charge in [-0.25, -0.2) is 9.78 Å². The lowest BCUT2D eigenvalue weighted by Gasteiger charge is -2.30. The number of piperidine rings is 1. The molecule has 1 saturated heterocycles. The Hall–Kier alpha value is -2.40. The highest BCUT2D eigenvalue weighted by molar-refractivity contribution is 6.29. The largest absolute Gasteiger partial charge is 0.444 e. The number of carbonyl (C=O) groups is 2. The van der Waals surface area contributed by atoms with Crippen molar-refractivity contribution in [2.45, 2.75) is 25.4 Å². The van der Waals surface area contributed by atoms with E-state index in [0.29, 0.717) is 23.8 Å². The monoisotopic (exact) mass is 358 g/mol. The number of esters is 1. The Kier molecular flexibility index (Phi) is 5.66. The number of ether oxygens (including phenoxy) is 1. The molecule has 1 atom stereocenters. The SMILES string of the molecule is O=C(O[C@@H](C(=O)N1CCCCC1)c1ccccc1)c1ccc(Cl)nc1. The predicted octanol–water partition coefficient (Wildman–Crippen LogP) is 3.65. The van der Waals surface area contributed by atoms with Crippen LogP contribution >= 0.6 is 11.6 Å². The molecular weight excluding hydrogens is 340 g/mol. The zero-order valence-corrected chi connectivity index (χ0v) is 14.5. The fourth-order valence-electron chi connectivity index (χ4n) is 2.84. The number of nitrogens with zero attached hydrogens (tertiary/aromatic N) is 2. The first-order valence-corrected chi connectivity index (χ1v) is 8.69. The highest BCUT2D eigenvalue weighted by Gasteiger charge is 2.30. The summed E-state index contributed by atoms with van der Waals surface area (Å²) in [5.41, 5.74) is 0.921. The second kappa shape index (κ2) is 8.12. The summed E-state index contributed by atoms with van der Waals surface area (Å²) in [4.78, 5) is 31.0. The summed E-state index contributed by atoms with van der Waals surface area (Å²) in [6.07, 6.45) is 3.46. The maximum absolute atomic E-state index is 12.9. The normalized spacial score (nSPS) is 15.5. The third-order valence-electron chi connectivity index (χ3n) is 4.18. The van der Waals surface area contributed by atoms with E-state index in [1.165, 1.54) is 18.3 Å². The molecule has 0 spiro atoms. The van der Waals surface area contributed by atoms with E-state index in [4.69, 9.17) is 16.3 Å². The van der Waals surface area contributed by atoms with Crippen LogP contribution in [-0.4, -0.2) is 34.8 Å². The summed E-state index contributed by atoms with van der Waals surface area (Å²) in [5, 5.41) is 0.292. The molecule has 0 radical (unpaired) electrons. The van der Waals surface area contributed by atoms with Crippen LogP contribution < -0.4 is 0 Å². The van der Waals surface area contributed by atoms with Crippen LogP contribution in [-0.2, 0) is 9.53 Å². The summed E-state index contributed by atoms with van der Waals surface area (Å²) in [6.45, 7) is 1.39. The van der Waals surface area contributed by atoms with E-state index in [-0.39, 0.29) is 11.5 Å². The molecule has 0 saturated carbocycles. The Bertz CT molecular complexity index is 728. The number of likely N-dealkylation sites (tertiary alicyclic amines) is 1. The lowest BCUT2D eigenvalue weighted by Crippen LogP contribution is -2.40. The van der Waals surface area contributed by atoms with E-state index in [1.807, 2.05) is 18.2 Å². The van der Waals surface area contributed by atoms with Gasteiger partial charge in [0.1, 0.15) is 5.15 Å². The molecule has 5 nitrogen and oxygen atoms in total. The van der Waals surface area contributed by atoms with Gasteiger partial charge in [0.15, 0.2) is 0 Å². The van der Waals surface area contributed by atoms with Crippen LogP contribution in [0, 0.1) is 0 Å². The quantitative estimate of drug-likeness (QED) is 0.618. The van der Waals surface area contributed by atoms with Gasteiger partial charge in [0.2, 0.25) is 6.10 Å². The molecule has 1 aromatic heterocycles. The molecule has 0 N–H and O–H groups in total. The van der Waals surface area contributed by atoms with E-state index in [2.05, 4.69) is 4.98 Å². The number of hydrogen-bond donors (Lipinski definition) is 0. The standard InChI is InChI=1S/C19H19ClN2O3/c20-16-10-9-15(13-21-16)19(24)25-17(14-7-3-1-4-8-14)18(23)22-11-5-2-6-12-22/h1,3-4,7-10,13,17H,2,5-6,11-12H2/t17-/m1/s1. The van der Waals surface area contributed by atoms with Crippen LogP contribution in [0.15, 0.2) is 48.7 Å². The number of halogens is 1. The molecule has 1 aromatic carbocycles. The maximum Gasteiger partial charge on any atom is 0.340 e. The highest BCUT2D eigenvalue weighted by atomic mass is 35.5. The van der Waals surface area contributed by atoms with Crippen molar-refractivity contribution >= 4 is 23.5 Å². The van der Waals surface area contributed by atoms with Crippen molar-refractivity contribution in [1.82, 2.24) is 9.88 Å². The van der Waals surface area contributed by atoms with E-state index in [0.717, 1.165) is 19.3 Å². The van der Waals surface area contributed by atoms with Crippen molar-refractivity contribution in [2.75, 3.05) is 13.1 Å². The van der Waals surface area contributed by atoms with Gasteiger partial charge in [-0.05, 0) is 31.4 Å². The summed E-state index contributed by atoms with van der Waals surface area (Å²) < 4.78 is 5.56. The Balaban J connectivity index is 1.82. The maximum atomic E-state index is 12.9. The molecule has 1 fully saturated rings. The van der Waals surface area contributed by atoms with Crippen molar-refractivity contribution in [3.05, 3.63) is 64.9 Å². The molecule has 0 bridgehead atoms. The summed E-state index contributed by atoms with van der Waals surface area (Å²) >= 11 is 5.75. The summed E-state index contributed by atoms with van der Waals surface area (Å²) in [7, 11) is 0. The van der Waals surface area contributed by atoms with Gasteiger partial charge in [0.05, 0.1) is 5.56 Å². The molecular formula is C19H19ClN2O3. The van der Waals surface area contributed by atoms with Crippen molar-refractivity contribution in [3.8, 4) is 0 Å². The topological polar surface area (TPSA) is 59.5 Å². The molecule has 0 unspecified atom stereocenters. The Morgan fingerprint density at radius 2 is 1.76 bits per heavy atom. The fourth-order valence-corrected chi connectivity index (χ4v) is 2.95. The minimum Gasteiger partial charge on any atom is -0.444 e. The van der Waals surface area contributed by atoms with E-state index in [1.54, 1.807) is 17.0 Å². The van der Waals surface area contributed by atoms with Crippen molar-refractivity contribution in [1.29, 1.82) is 0 Å². The van der Waals surface area contributed by atoms with Crippen LogP contribution in [0.25, 0.3) is 0 Å². The first-order valence-electron chi connectivity index (χ1n) is 8.31. The molecule has 1 aliphatic rings. The Labute approximate surface area is 151 Å². The molecule has 1 amide bonds. The van der Waals surface area contributed by atoms with Gasteiger partial charge >= 0.3 is 5.97 Å². The van der Waals surface area contributed by atoms with E-state index >= 15 is 0 Å². The minimum absolute atomic E-state index is 0.179. The van der Waals surface area contributed by atoms with Gasteiger partial charge in [-0.2, -0.15) is 0 Å². The number of carbonyl (C=O) groups excluding carboxylic acids is 2. The van der Waals surface area contributed by atoms with Crippen molar-refractivity contribution in [3.63, 3.8) is 0 Å². The summed E-state index contributed by atoms with van der Waals surface area (Å²) in [6, 6.07) is 12.1. The fraction of sp³-hybridized carbons (Fsp3) is 0.316. The number of rotatable bonds is 4. The predicted molar refractivity (Wildman–Crippen MR) is 94.3 cm³/mol. The smallest absolute Gasteiger partial charge is 0.340 e. The molecule has 0 aliphatic carbocycles. The number of amides is 1. The van der Waals surface area contributed by atoms with Gasteiger partial charge in [-0.15, -0.1) is 0 Å². The third kappa shape index (κ3) is 4.37. The lowest BCUT2D eigenvalue weighted by molar-refractivity contribution is -0.142. The average Bonchev–Trinajstić information content (AvgIpc) is 2.67. The Morgan fingerprint density at radius 3 is 2.40 bits per heavy atom. The molecule has 2 heterocycles. The van der Waals surface area contributed by atoms with Gasteiger partial charge in [-0.3, -0.25) is 4.79 Å². The first kappa shape index (κ1) is 17.4. The second-order valence-electron chi connectivity index (χ2n) is 5.95. The van der Waals surface area contributed by atoms with Crippen molar-refractivity contribution < 1.29 is 14.3 Å². The van der Waals surface area contributed by atoms with Crippen LogP contribution in [0.5, 0.6) is 0 Å². The van der Waals surface area contributed by atoms with Gasteiger partial charge in [0.25, 0.3) is 5.91 Å². The van der Waals surface area contributed by atoms with Gasteiger partial charge < -0.3 is 9.64 Å². The van der Waals surface area contributed by atoms with E-state index < -0.39 is 12.1 Å². The first-order chi connectivity index (χ1) is 12.1. The van der Waals surface area contributed by atoms with Gasteiger partial charge in [0, 0.05) is 24.8 Å². The second-order valence-corrected chi connectivity index (χ2v) is 6.34.